The molecule has 0 aliphatic heterocycles. The van der Waals surface area contributed by atoms with Gasteiger partial charge in [0.1, 0.15) is 0 Å². The minimum Gasteiger partial charge on any atom is -0.247 e. The van der Waals surface area contributed by atoms with Crippen LogP contribution in [-0.4, -0.2) is 169 Å². The summed E-state index contributed by atoms with van der Waals surface area (Å²) in [4.78, 5) is 233. The van der Waals surface area contributed by atoms with E-state index >= 15 is 0 Å². The highest BCUT2D eigenvalue weighted by Gasteiger charge is 2.23. The van der Waals surface area contributed by atoms with Crippen LogP contribution in [0.3, 0.4) is 0 Å². The third-order valence-corrected chi connectivity index (χ3v) is 25.7. The fourth-order valence-electron chi connectivity index (χ4n) is 12.8. The van der Waals surface area contributed by atoms with Crippen LogP contribution in [0.1, 0.15) is 156 Å². The Balaban J connectivity index is 0.000000437. The van der Waals surface area contributed by atoms with Crippen molar-refractivity contribution in [3.63, 3.8) is 0 Å². The average Bonchev–Trinajstić information content (AvgIpc) is 0.823. The lowest BCUT2D eigenvalue weighted by Gasteiger charge is -2.14. The smallest absolute Gasteiger partial charge is 0.247 e. The first-order valence-corrected chi connectivity index (χ1v) is 51.3. The molecule has 696 valence electrons. The molecule has 6 aromatic rings. The van der Waals surface area contributed by atoms with Crippen LogP contribution in [0.4, 0.5) is 0 Å². The molecule has 0 unspecified atom stereocenters. The lowest BCUT2D eigenvalue weighted by molar-refractivity contribution is 0.434. The van der Waals surface area contributed by atoms with Crippen molar-refractivity contribution in [1.82, 2.24) is 82.2 Å². The summed E-state index contributed by atoms with van der Waals surface area (Å²) < 4.78 is 20.1. The molecular weight excluding hydrogens is 1830 g/mol. The molecule has 0 amide bonds. The second-order valence-corrected chi connectivity index (χ2v) is 36.2. The predicted octanol–water partition coefficient (Wildman–Crippen LogP) is 1.89. The van der Waals surface area contributed by atoms with E-state index in [9.17, 15) is 86.3 Å². The van der Waals surface area contributed by atoms with Gasteiger partial charge in [-0.15, -0.1) is 0 Å². The average molecular weight is 1950 g/mol. The zero-order valence-electron chi connectivity index (χ0n) is 70.8. The zero-order chi connectivity index (χ0) is 91.1. The van der Waals surface area contributed by atoms with E-state index in [2.05, 4.69) is 114 Å². The van der Waals surface area contributed by atoms with E-state index in [0.29, 0.717) is 202 Å². The molecule has 0 N–H and O–H groups in total. The summed E-state index contributed by atoms with van der Waals surface area (Å²) in [7, 11) is 0. The van der Waals surface area contributed by atoms with Gasteiger partial charge in [-0.1, -0.05) is 40.0 Å². The number of unbranched alkanes of at least 4 members (excludes halogenated alkanes) is 3. The summed E-state index contributed by atoms with van der Waals surface area (Å²) in [5, 5.41) is 0. The fraction of sp³-hybridized carbons (Fsp3) is 0.760. The largest absolute Gasteiger partial charge is 0.336 e. The molecule has 0 bridgehead atoms. The molecule has 0 aliphatic rings. The van der Waals surface area contributed by atoms with Crippen molar-refractivity contribution in [3.8, 4) is 0 Å². The van der Waals surface area contributed by atoms with Gasteiger partial charge in [-0.05, 0) is 202 Å². The molecule has 0 saturated heterocycles. The third-order valence-electron chi connectivity index (χ3n) is 19.4. The Morgan fingerprint density at radius 2 is 0.228 bits per heavy atom. The van der Waals surface area contributed by atoms with Crippen molar-refractivity contribution in [2.45, 2.75) is 273 Å². The van der Waals surface area contributed by atoms with Gasteiger partial charge in [-0.2, -0.15) is 149 Å². The maximum Gasteiger partial charge on any atom is 0.336 e. The Labute approximate surface area is 773 Å². The van der Waals surface area contributed by atoms with Gasteiger partial charge in [-0.25, -0.2) is 169 Å². The molecular formula is C75H126N18O18S12. The second-order valence-electron chi connectivity index (χ2n) is 28.5. The summed E-state index contributed by atoms with van der Waals surface area (Å²) in [6.07, 6.45) is 12.2. The van der Waals surface area contributed by atoms with Crippen molar-refractivity contribution < 1.29 is 0 Å². The van der Waals surface area contributed by atoms with Crippen molar-refractivity contribution in [2.75, 3.05) is 86.3 Å². The van der Waals surface area contributed by atoms with E-state index in [4.69, 9.17) is 0 Å². The molecule has 6 aromatic heterocycles. The van der Waals surface area contributed by atoms with E-state index in [1.54, 1.807) is 23.5 Å². The van der Waals surface area contributed by atoms with Gasteiger partial charge >= 0.3 is 102 Å². The van der Waals surface area contributed by atoms with Crippen LogP contribution in [-0.2, 0) is 118 Å². The molecule has 0 aliphatic carbocycles. The van der Waals surface area contributed by atoms with Crippen molar-refractivity contribution in [3.05, 3.63) is 189 Å². The lowest BCUT2D eigenvalue weighted by atomic mass is 10.3. The van der Waals surface area contributed by atoms with Gasteiger partial charge in [0.05, 0.1) is 0 Å². The third kappa shape index (κ3) is 32.7. The first kappa shape index (κ1) is 110. The molecule has 48 heteroatoms. The summed E-state index contributed by atoms with van der Waals surface area (Å²) >= 11 is 42.1. The maximum absolute atomic E-state index is 13.5. The molecule has 6 rings (SSSR count). The zero-order valence-corrected chi connectivity index (χ0v) is 81.3. The highest BCUT2D eigenvalue weighted by molar-refractivity contribution is 7.99. The molecule has 36 nitrogen and oxygen atoms in total. The van der Waals surface area contributed by atoms with Crippen LogP contribution in [0, 0.1) is 0 Å². The first-order chi connectivity index (χ1) is 59.2. The SMILES string of the molecule is CCCCn1c(=O)n(CCCS)c(=O)n(CCCS)c1=O.CCCCn1c(=O)n(CCCS)c(=O)n(CCCSCCCn2c(=O)n(CCCS)c(=O)n(CCCS)c2=O)c1=O.CCCCn1c(=O)n(CCCS)c(=O)n(CCCSCCCn2c(=O)n(CCCS)c(=O)n(CCCSCCCn3c(=O)n(CCCS)c(=O)n(CCCS)c3=O)c2=O)c1=O. The van der Waals surface area contributed by atoms with Crippen LogP contribution in [0.15, 0.2) is 86.3 Å². The van der Waals surface area contributed by atoms with E-state index in [1.165, 1.54) is 16.3 Å². The number of thiol groups is 9. The number of hydrogen-bond acceptors (Lipinski definition) is 30. The number of nitrogens with zero attached hydrogens (tertiary/aromatic N) is 18. The van der Waals surface area contributed by atoms with Gasteiger partial charge in [0, 0.05) is 118 Å². The van der Waals surface area contributed by atoms with Crippen molar-refractivity contribution in [2.24, 2.45) is 0 Å². The topological polar surface area (TPSA) is 396 Å². The minimum atomic E-state index is -0.680. The van der Waals surface area contributed by atoms with Gasteiger partial charge in [0.15, 0.2) is 0 Å². The molecule has 0 spiro atoms. The van der Waals surface area contributed by atoms with Crippen molar-refractivity contribution in [1.29, 1.82) is 0 Å². The molecule has 6 heterocycles. The molecule has 0 fully saturated rings. The van der Waals surface area contributed by atoms with Crippen LogP contribution in [0.2, 0.25) is 0 Å². The second kappa shape index (κ2) is 61.2. The van der Waals surface area contributed by atoms with Crippen LogP contribution in [0.5, 0.6) is 0 Å². The number of aromatic nitrogens is 18. The number of thioether (sulfide) groups is 3. The number of rotatable bonds is 60. The Morgan fingerprint density at radius 3 is 0.309 bits per heavy atom. The van der Waals surface area contributed by atoms with Gasteiger partial charge in [0.2, 0.25) is 0 Å². The number of hydrogen-bond donors (Lipinski definition) is 9. The van der Waals surface area contributed by atoms with E-state index in [-0.39, 0.29) is 111 Å². The van der Waals surface area contributed by atoms with E-state index in [0.717, 1.165) is 103 Å². The first-order valence-electron chi connectivity index (χ1n) is 42.1. The van der Waals surface area contributed by atoms with Crippen LogP contribution >= 0.6 is 149 Å². The monoisotopic (exact) mass is 1950 g/mol. The van der Waals surface area contributed by atoms with E-state index in [1.807, 2.05) is 20.8 Å². The molecule has 123 heavy (non-hydrogen) atoms. The highest BCUT2D eigenvalue weighted by atomic mass is 32.2. The Hall–Kier alpha value is -5.34. The van der Waals surface area contributed by atoms with Gasteiger partial charge in [-0.3, -0.25) is 0 Å². The Bertz CT molecular complexity index is 4900. The summed E-state index contributed by atoms with van der Waals surface area (Å²) in [5.74, 6) is 8.16. The van der Waals surface area contributed by atoms with Crippen LogP contribution in [0.25, 0.3) is 0 Å². The minimum absolute atomic E-state index is 0.0907. The van der Waals surface area contributed by atoms with E-state index < -0.39 is 102 Å². The van der Waals surface area contributed by atoms with Gasteiger partial charge in [0.25, 0.3) is 0 Å². The molecule has 0 saturated carbocycles. The molecule has 0 atom stereocenters. The van der Waals surface area contributed by atoms with Crippen molar-refractivity contribution >= 4 is 149 Å². The summed E-state index contributed by atoms with van der Waals surface area (Å²) in [6, 6.07) is 0. The Kier molecular flexibility index (Phi) is 54.7. The molecule has 0 aromatic carbocycles. The Morgan fingerprint density at radius 1 is 0.146 bits per heavy atom. The standard InChI is InChI=1S/C37H61N9O9S6.C25H42N6O6S4.C13H23N3O3S2/c1-2-3-12-38-29(47)39(13-4-21-56)32(50)43(30(38)48)17-8-25-60-27-10-19-45-35(53)42(16-7-24-59)36(54)46(37(45)55)20-11-28-61-26-9-18-44-33(51)40(14-5-22-57)31(49)41(34(44)52)15-6-23-58;1-2-3-9-26-20(32)27(10-4-15-38)23(35)30(21(26)33)13-7-18-41-19-8-14-31-24(36)28(11-5-16-39)22(34)29(25(31)37)12-6-17-40;1-2-3-6-14-11(17)15(7-4-9-20)13(19)16(12(14)18)8-5-10-21/h56-59H,2-28H2,1H3;38-40H,2-19H2,1H3;20-21H,2-10H2,1H3. The summed E-state index contributed by atoms with van der Waals surface area (Å²) in [5.41, 5.74) is -10.9. The quantitative estimate of drug-likeness (QED) is 0.0194. The summed E-state index contributed by atoms with van der Waals surface area (Å²) in [6.45, 7) is 9.33. The highest BCUT2D eigenvalue weighted by Crippen LogP contribution is 2.10. The maximum atomic E-state index is 13.5. The molecule has 0 radical (unpaired) electrons. The normalized spacial score (nSPS) is 11.4. The fourth-order valence-corrected chi connectivity index (χ4v) is 16.7. The van der Waals surface area contributed by atoms with Gasteiger partial charge < -0.3 is 0 Å². The lowest BCUT2D eigenvalue weighted by Crippen LogP contribution is -2.54. The van der Waals surface area contributed by atoms with Crippen LogP contribution < -0.4 is 102 Å². The predicted molar refractivity (Wildman–Crippen MR) is 526 cm³/mol.